The molecule has 0 bridgehead atoms. The fraction of sp³-hybridized carbons (Fsp3) is 0. The van der Waals surface area contributed by atoms with E-state index in [1.807, 2.05) is 0 Å². The number of carboxylic acids is 1. The molecule has 0 radical (unpaired) electrons. The minimum Gasteiger partial charge on any atom is -1.00 e. The van der Waals surface area contributed by atoms with Crippen LogP contribution in [0.25, 0.3) is 0 Å². The molecule has 0 saturated carbocycles. The predicted octanol–water partition coefficient (Wildman–Crippen LogP) is -0.452. The molecular weight excluding hydrogens is 92.3 g/mol. The molecule has 6 heavy (non-hydrogen) atoms. The fourth-order valence-corrected chi connectivity index (χ4v) is 0. The molecule has 0 rings (SSSR count). The third kappa shape index (κ3) is 9.20. The van der Waals surface area contributed by atoms with Gasteiger partial charge in [-0.25, -0.2) is 4.79 Å². The first-order valence-electron chi connectivity index (χ1n) is 0.966. The van der Waals surface area contributed by atoms with Crippen LogP contribution in [0.4, 0.5) is 0 Å². The van der Waals surface area contributed by atoms with E-state index in [0.29, 0.717) is 0 Å². The Balaban J connectivity index is -0.0000000267. The molecule has 0 atom stereocenters. The van der Waals surface area contributed by atoms with Gasteiger partial charge < -0.3 is 7.96 Å². The van der Waals surface area contributed by atoms with Crippen LogP contribution in [0.5, 0.6) is 0 Å². The second-order valence-electron chi connectivity index (χ2n) is 0.449. The van der Waals surface area contributed by atoms with Gasteiger partial charge in [0, 0.05) is 5.92 Å². The molecule has 0 amide bonds. The first kappa shape index (κ1) is 9.25. The number of carbonyl (C=O) groups is 1. The topological polar surface area (TPSA) is 37.3 Å². The van der Waals surface area contributed by atoms with E-state index in [-0.39, 0.29) is 25.9 Å². The van der Waals surface area contributed by atoms with Gasteiger partial charge in [-0.05, 0) is 0 Å². The Morgan fingerprint density at radius 2 is 2.17 bits per heavy atom. The van der Waals surface area contributed by atoms with Crippen LogP contribution in [0.2, 0.25) is 0 Å². The van der Waals surface area contributed by atoms with Crippen molar-refractivity contribution in [2.75, 3.05) is 0 Å². The zero-order valence-electron chi connectivity index (χ0n) is 5.14. The normalized spacial score (nSPS) is 4.50. The van der Waals surface area contributed by atoms with Crippen LogP contribution in [0.15, 0.2) is 0 Å². The van der Waals surface area contributed by atoms with Crippen molar-refractivity contribution in [1.82, 2.24) is 0 Å². The Morgan fingerprint density at radius 3 is 2.17 bits per heavy atom. The van der Waals surface area contributed by atoms with Gasteiger partial charge in [-0.2, -0.15) is 0 Å². The summed E-state index contributed by atoms with van der Waals surface area (Å²) in [5, 5.41) is 7.49. The van der Waals surface area contributed by atoms with Gasteiger partial charge in [0.1, 0.15) is 0 Å². The summed E-state index contributed by atoms with van der Waals surface area (Å²) in [7, 11) is 0. The molecule has 3 heteroatoms. The van der Waals surface area contributed by atoms with E-state index in [2.05, 4.69) is 6.42 Å². The van der Waals surface area contributed by atoms with Crippen LogP contribution in [-0.4, -0.2) is 34.1 Å². The minimum atomic E-state index is -1.22. The van der Waals surface area contributed by atoms with Crippen molar-refractivity contribution in [3.63, 3.8) is 0 Å². The molecule has 0 aliphatic rings. The Hall–Kier alpha value is -0.204. The van der Waals surface area contributed by atoms with E-state index >= 15 is 0 Å². The van der Waals surface area contributed by atoms with Crippen LogP contribution < -0.4 is 0 Å². The summed E-state index contributed by atoms with van der Waals surface area (Å²) in [5.74, 6) is 0.227. The molecule has 0 saturated heterocycles. The van der Waals surface area contributed by atoms with Gasteiger partial charge in [0.15, 0.2) is 0 Å². The Bertz CT molecular complexity index is 87.8. The van der Waals surface area contributed by atoms with Crippen molar-refractivity contribution in [3.05, 3.63) is 0 Å². The molecule has 0 aromatic carbocycles. The fourth-order valence-electron chi connectivity index (χ4n) is 0. The Labute approximate surface area is 54.7 Å². The second-order valence-corrected chi connectivity index (χ2v) is 0.449. The van der Waals surface area contributed by atoms with Gasteiger partial charge >= 0.3 is 29.0 Å². The van der Waals surface area contributed by atoms with Gasteiger partial charge in [-0.15, -0.1) is 6.42 Å². The summed E-state index contributed by atoms with van der Waals surface area (Å²) in [6.07, 6.45) is 4.32. The average Bonchev–Trinajstić information content (AvgIpc) is 1.38. The molecule has 0 unspecified atom stereocenters. The van der Waals surface area contributed by atoms with Gasteiger partial charge in [-0.3, -0.25) is 0 Å². The van der Waals surface area contributed by atoms with E-state index in [0.717, 1.165) is 0 Å². The van der Waals surface area contributed by atoms with Crippen LogP contribution in [0.1, 0.15) is 2.85 Å². The van der Waals surface area contributed by atoms with E-state index in [9.17, 15) is 0 Å². The molecule has 2 nitrogen and oxygen atoms in total. The number of hydrogen-bond donors (Lipinski definition) is 1. The molecule has 0 aliphatic carbocycles. The maximum atomic E-state index is 9.13. The Kier molecular flexibility index (Phi) is 7.40. The molecule has 0 aromatic heterocycles. The second kappa shape index (κ2) is 4.80. The average molecular weight is 96.4 g/mol. The summed E-state index contributed by atoms with van der Waals surface area (Å²) in [6.45, 7) is 0. The van der Waals surface area contributed by atoms with Gasteiger partial charge in [-0.1, -0.05) is 0 Å². The maximum absolute atomic E-state index is 9.13. The third-order valence-electron chi connectivity index (χ3n) is 0.123. The first-order chi connectivity index (χ1) is 2.27. The smallest absolute Gasteiger partial charge is 1.00 e. The third-order valence-corrected chi connectivity index (χ3v) is 0.123. The van der Waals surface area contributed by atoms with E-state index in [1.54, 1.807) is 0 Å². The van der Waals surface area contributed by atoms with E-state index in [4.69, 9.17) is 9.90 Å². The number of aliphatic carboxylic acids is 1. The van der Waals surface area contributed by atoms with Gasteiger partial charge in [0.2, 0.25) is 0 Å². The zero-order chi connectivity index (χ0) is 4.28. The van der Waals surface area contributed by atoms with Crippen molar-refractivity contribution >= 4 is 29.0 Å². The molecule has 1 N–H and O–H groups in total. The molecule has 0 spiro atoms. The van der Waals surface area contributed by atoms with Crippen molar-refractivity contribution in [3.8, 4) is 12.3 Å². The van der Waals surface area contributed by atoms with E-state index in [1.165, 1.54) is 5.92 Å². The maximum Gasteiger partial charge on any atom is 2.00 e. The predicted molar refractivity (Wildman–Crippen MR) is 24.4 cm³/mol. The number of rotatable bonds is 0. The summed E-state index contributed by atoms with van der Waals surface area (Å²) in [6, 6.07) is 0. The number of terminal acetylenes is 1. The SMILES string of the molecule is C#CC(=O)O.[H-].[H-].[Mg+2]. The van der Waals surface area contributed by atoms with Crippen molar-refractivity contribution in [1.29, 1.82) is 0 Å². The molecule has 0 heterocycles. The van der Waals surface area contributed by atoms with Crippen LogP contribution in [-0.2, 0) is 4.79 Å². The van der Waals surface area contributed by atoms with Crippen LogP contribution in [0.3, 0.4) is 0 Å². The minimum absolute atomic E-state index is 0. The quantitative estimate of drug-likeness (QED) is 0.328. The van der Waals surface area contributed by atoms with Crippen molar-refractivity contribution in [2.24, 2.45) is 0 Å². The van der Waals surface area contributed by atoms with Gasteiger partial charge in [0.05, 0.1) is 0 Å². The molecule has 30 valence electrons. The standard InChI is InChI=1S/C3H2O2.Mg.2H/c1-2-3(4)5;;;/h1H,(H,4,5);;;/q;+2;2*-1. The van der Waals surface area contributed by atoms with Crippen molar-refractivity contribution in [2.45, 2.75) is 0 Å². The van der Waals surface area contributed by atoms with E-state index < -0.39 is 5.97 Å². The summed E-state index contributed by atoms with van der Waals surface area (Å²) in [4.78, 5) is 9.13. The zero-order valence-corrected chi connectivity index (χ0v) is 4.55. The monoisotopic (exact) mass is 96.0 g/mol. The summed E-state index contributed by atoms with van der Waals surface area (Å²) in [5.41, 5.74) is 0. The molecular formula is C3H4MgO2. The summed E-state index contributed by atoms with van der Waals surface area (Å²) >= 11 is 0. The largest absolute Gasteiger partial charge is 2.00 e. The Morgan fingerprint density at radius 1 is 2.00 bits per heavy atom. The van der Waals surface area contributed by atoms with Gasteiger partial charge in [0.25, 0.3) is 0 Å². The molecule has 0 aromatic rings. The number of hydrogen-bond acceptors (Lipinski definition) is 1. The van der Waals surface area contributed by atoms with Crippen LogP contribution in [0, 0.1) is 12.3 Å². The number of carboxylic acid groups (broad SMARTS) is 1. The first-order valence-corrected chi connectivity index (χ1v) is 0.966. The van der Waals surface area contributed by atoms with Crippen LogP contribution >= 0.6 is 0 Å². The van der Waals surface area contributed by atoms with Crippen molar-refractivity contribution < 1.29 is 12.8 Å². The molecule has 0 fully saturated rings. The molecule has 0 aliphatic heterocycles. The summed E-state index contributed by atoms with van der Waals surface area (Å²) < 4.78 is 0.